The van der Waals surface area contributed by atoms with Crippen molar-refractivity contribution in [2.24, 2.45) is 5.92 Å². The Hall–Kier alpha value is -2.10. The van der Waals surface area contributed by atoms with Gasteiger partial charge in [0.15, 0.2) is 0 Å². The number of nitrogen functional groups attached to an aromatic ring is 1. The predicted molar refractivity (Wildman–Crippen MR) is 75.8 cm³/mol. The van der Waals surface area contributed by atoms with Crippen molar-refractivity contribution < 1.29 is 4.79 Å². The summed E-state index contributed by atoms with van der Waals surface area (Å²) in [7, 11) is 0. The van der Waals surface area contributed by atoms with E-state index in [1.165, 1.54) is 19.3 Å². The molecule has 1 aromatic heterocycles. The van der Waals surface area contributed by atoms with Gasteiger partial charge in [0.25, 0.3) is 5.91 Å². The average molecular weight is 255 g/mol. The van der Waals surface area contributed by atoms with Crippen LogP contribution in [-0.4, -0.2) is 17.4 Å². The minimum Gasteiger partial charge on any atom is -0.384 e. The molecule has 3 N–H and O–H groups in total. The molecule has 4 nitrogen and oxygen atoms in total. The SMILES string of the molecule is Nc1cc(C(=O)NCC2CCC2)c2ccccc2n1. The van der Waals surface area contributed by atoms with Gasteiger partial charge in [0.1, 0.15) is 5.82 Å². The average Bonchev–Trinajstić information content (AvgIpc) is 2.35. The van der Waals surface area contributed by atoms with Crippen molar-refractivity contribution in [3.8, 4) is 0 Å². The zero-order valence-electron chi connectivity index (χ0n) is 10.7. The van der Waals surface area contributed by atoms with Crippen LogP contribution in [0.1, 0.15) is 29.6 Å². The Morgan fingerprint density at radius 1 is 1.37 bits per heavy atom. The Labute approximate surface area is 112 Å². The zero-order valence-corrected chi connectivity index (χ0v) is 10.7. The standard InChI is InChI=1S/C15H17N3O/c16-14-8-12(11-6-1-2-7-13(11)18-14)15(19)17-9-10-4-3-5-10/h1-2,6-8,10H,3-5,9H2,(H2,16,18)(H,17,19). The van der Waals surface area contributed by atoms with Gasteiger partial charge in [-0.05, 0) is 30.9 Å². The maximum atomic E-state index is 12.3. The summed E-state index contributed by atoms with van der Waals surface area (Å²) < 4.78 is 0. The van der Waals surface area contributed by atoms with E-state index in [4.69, 9.17) is 5.73 Å². The lowest BCUT2D eigenvalue weighted by atomic mass is 9.85. The molecule has 2 aromatic rings. The fourth-order valence-corrected chi connectivity index (χ4v) is 2.41. The van der Waals surface area contributed by atoms with Crippen LogP contribution in [0.25, 0.3) is 10.9 Å². The van der Waals surface area contributed by atoms with E-state index in [0.29, 0.717) is 17.3 Å². The summed E-state index contributed by atoms with van der Waals surface area (Å²) in [6, 6.07) is 9.22. The van der Waals surface area contributed by atoms with Crippen molar-refractivity contribution in [2.45, 2.75) is 19.3 Å². The molecule has 0 radical (unpaired) electrons. The molecule has 4 heteroatoms. The molecule has 0 spiro atoms. The first-order valence-corrected chi connectivity index (χ1v) is 6.67. The number of amides is 1. The number of nitrogens with one attached hydrogen (secondary N) is 1. The first-order chi connectivity index (χ1) is 9.24. The predicted octanol–water partition coefficient (Wildman–Crippen LogP) is 2.35. The normalized spacial score (nSPS) is 15.2. The molecule has 1 fully saturated rings. The highest BCUT2D eigenvalue weighted by Gasteiger charge is 2.19. The number of nitrogens with zero attached hydrogens (tertiary/aromatic N) is 1. The molecule has 1 heterocycles. The molecule has 1 aliphatic carbocycles. The largest absolute Gasteiger partial charge is 0.384 e. The first-order valence-electron chi connectivity index (χ1n) is 6.67. The molecule has 1 saturated carbocycles. The van der Waals surface area contributed by atoms with Crippen LogP contribution in [0.15, 0.2) is 30.3 Å². The van der Waals surface area contributed by atoms with Crippen LogP contribution in [0, 0.1) is 5.92 Å². The fraction of sp³-hybridized carbons (Fsp3) is 0.333. The number of rotatable bonds is 3. The van der Waals surface area contributed by atoms with E-state index in [1.807, 2.05) is 24.3 Å². The number of benzene rings is 1. The monoisotopic (exact) mass is 255 g/mol. The number of hydrogen-bond acceptors (Lipinski definition) is 3. The third-order valence-corrected chi connectivity index (χ3v) is 3.76. The number of anilines is 1. The molecule has 19 heavy (non-hydrogen) atoms. The summed E-state index contributed by atoms with van der Waals surface area (Å²) in [6.07, 6.45) is 3.73. The van der Waals surface area contributed by atoms with Crippen molar-refractivity contribution in [3.63, 3.8) is 0 Å². The third-order valence-electron chi connectivity index (χ3n) is 3.76. The quantitative estimate of drug-likeness (QED) is 0.884. The summed E-state index contributed by atoms with van der Waals surface area (Å²) >= 11 is 0. The summed E-state index contributed by atoms with van der Waals surface area (Å²) in [6.45, 7) is 0.759. The van der Waals surface area contributed by atoms with Gasteiger partial charge in [-0.15, -0.1) is 0 Å². The number of para-hydroxylation sites is 1. The second kappa shape index (κ2) is 4.88. The van der Waals surface area contributed by atoms with Crippen LogP contribution in [-0.2, 0) is 0 Å². The van der Waals surface area contributed by atoms with Gasteiger partial charge in [-0.2, -0.15) is 0 Å². The minimum atomic E-state index is -0.0581. The number of aromatic nitrogens is 1. The lowest BCUT2D eigenvalue weighted by Crippen LogP contribution is -2.32. The zero-order chi connectivity index (χ0) is 13.2. The van der Waals surface area contributed by atoms with Gasteiger partial charge < -0.3 is 11.1 Å². The van der Waals surface area contributed by atoms with Gasteiger partial charge in [-0.1, -0.05) is 24.6 Å². The van der Waals surface area contributed by atoms with Gasteiger partial charge in [-0.3, -0.25) is 4.79 Å². The molecule has 0 atom stereocenters. The van der Waals surface area contributed by atoms with Crippen molar-refractivity contribution >= 4 is 22.6 Å². The highest BCUT2D eigenvalue weighted by Crippen LogP contribution is 2.25. The van der Waals surface area contributed by atoms with E-state index in [-0.39, 0.29) is 5.91 Å². The van der Waals surface area contributed by atoms with Gasteiger partial charge in [0.2, 0.25) is 0 Å². The Morgan fingerprint density at radius 3 is 2.89 bits per heavy atom. The molecule has 0 saturated heterocycles. The number of carbonyl (C=O) groups is 1. The molecular formula is C15H17N3O. The van der Waals surface area contributed by atoms with Crippen molar-refractivity contribution in [3.05, 3.63) is 35.9 Å². The lowest BCUT2D eigenvalue weighted by Gasteiger charge is -2.25. The van der Waals surface area contributed by atoms with E-state index >= 15 is 0 Å². The second-order valence-electron chi connectivity index (χ2n) is 5.12. The summed E-state index contributed by atoms with van der Waals surface area (Å²) in [5.74, 6) is 0.971. The van der Waals surface area contributed by atoms with Crippen LogP contribution in [0.5, 0.6) is 0 Å². The van der Waals surface area contributed by atoms with Crippen molar-refractivity contribution in [1.29, 1.82) is 0 Å². The lowest BCUT2D eigenvalue weighted by molar-refractivity contribution is 0.0940. The molecule has 98 valence electrons. The van der Waals surface area contributed by atoms with E-state index in [2.05, 4.69) is 10.3 Å². The van der Waals surface area contributed by atoms with E-state index in [9.17, 15) is 4.79 Å². The van der Waals surface area contributed by atoms with Gasteiger partial charge in [0, 0.05) is 11.9 Å². The van der Waals surface area contributed by atoms with Crippen molar-refractivity contribution in [1.82, 2.24) is 10.3 Å². The third kappa shape index (κ3) is 2.38. The molecule has 1 aromatic carbocycles. The van der Waals surface area contributed by atoms with Gasteiger partial charge in [0.05, 0.1) is 11.1 Å². The number of hydrogen-bond donors (Lipinski definition) is 2. The molecule has 1 amide bonds. The second-order valence-corrected chi connectivity index (χ2v) is 5.12. The Bertz CT molecular complexity index is 620. The topological polar surface area (TPSA) is 68.0 Å². The number of nitrogens with two attached hydrogens (primary N) is 1. The van der Waals surface area contributed by atoms with E-state index in [1.54, 1.807) is 6.07 Å². The number of pyridine rings is 1. The van der Waals surface area contributed by atoms with Crippen LogP contribution >= 0.6 is 0 Å². The molecule has 0 unspecified atom stereocenters. The summed E-state index contributed by atoms with van der Waals surface area (Å²) in [5, 5.41) is 3.85. The maximum absolute atomic E-state index is 12.3. The number of carbonyl (C=O) groups excluding carboxylic acids is 1. The highest BCUT2D eigenvalue weighted by atomic mass is 16.1. The summed E-state index contributed by atoms with van der Waals surface area (Å²) in [5.41, 5.74) is 7.14. The Kier molecular flexibility index (Phi) is 3.07. The first kappa shape index (κ1) is 12.0. The van der Waals surface area contributed by atoms with E-state index in [0.717, 1.165) is 17.4 Å². The maximum Gasteiger partial charge on any atom is 0.252 e. The number of fused-ring (bicyclic) bond motifs is 1. The Balaban J connectivity index is 1.87. The minimum absolute atomic E-state index is 0.0581. The smallest absolute Gasteiger partial charge is 0.252 e. The van der Waals surface area contributed by atoms with Crippen LogP contribution in [0.4, 0.5) is 5.82 Å². The molecule has 1 aliphatic rings. The fourth-order valence-electron chi connectivity index (χ4n) is 2.41. The Morgan fingerprint density at radius 2 is 2.16 bits per heavy atom. The van der Waals surface area contributed by atoms with Gasteiger partial charge in [-0.25, -0.2) is 4.98 Å². The highest BCUT2D eigenvalue weighted by molar-refractivity contribution is 6.06. The molecular weight excluding hydrogens is 238 g/mol. The van der Waals surface area contributed by atoms with Gasteiger partial charge >= 0.3 is 0 Å². The summed E-state index contributed by atoms with van der Waals surface area (Å²) in [4.78, 5) is 16.5. The van der Waals surface area contributed by atoms with Crippen LogP contribution in [0.3, 0.4) is 0 Å². The molecule has 3 rings (SSSR count). The van der Waals surface area contributed by atoms with E-state index < -0.39 is 0 Å². The molecule has 0 bridgehead atoms. The van der Waals surface area contributed by atoms with Crippen LogP contribution in [0.2, 0.25) is 0 Å². The molecule has 0 aliphatic heterocycles. The van der Waals surface area contributed by atoms with Crippen LogP contribution < -0.4 is 11.1 Å². The van der Waals surface area contributed by atoms with Crippen molar-refractivity contribution in [2.75, 3.05) is 12.3 Å².